The number of amides is 2. The minimum atomic E-state index is -0.518. The molecular weight excluding hydrogens is 333 g/mol. The maximum atomic E-state index is 13.7. The molecule has 2 amide bonds. The fourth-order valence-corrected chi connectivity index (χ4v) is 3.14. The maximum Gasteiger partial charge on any atom is 0.257 e. The largest absolute Gasteiger partial charge is 0.349 e. The summed E-state index contributed by atoms with van der Waals surface area (Å²) in [6.45, 7) is 0. The van der Waals surface area contributed by atoms with Gasteiger partial charge in [-0.25, -0.2) is 4.39 Å². The van der Waals surface area contributed by atoms with Crippen molar-refractivity contribution in [1.29, 1.82) is 0 Å². The van der Waals surface area contributed by atoms with Crippen LogP contribution < -0.4 is 10.6 Å². The Labute approximate surface area is 152 Å². The number of hydrogen-bond donors (Lipinski definition) is 2. The summed E-state index contributed by atoms with van der Waals surface area (Å²) in [4.78, 5) is 28.8. The molecule has 1 saturated carbocycles. The van der Waals surface area contributed by atoms with Gasteiger partial charge in [-0.15, -0.1) is 0 Å². The summed E-state index contributed by atoms with van der Waals surface area (Å²) >= 11 is 0. The standard InChI is InChI=1S/C20H22FN3O2/c21-17-9-5-6-10-18(17)24-20(26)15-11-14(12-22-13-15)19(25)23-16-7-3-1-2-4-8-16/h5-6,9-13,16H,1-4,7-8H2,(H,23,25)(H,24,26). The van der Waals surface area contributed by atoms with Gasteiger partial charge >= 0.3 is 0 Å². The molecule has 5 nitrogen and oxygen atoms in total. The molecule has 1 aliphatic carbocycles. The van der Waals surface area contributed by atoms with Gasteiger partial charge in [-0.1, -0.05) is 37.8 Å². The molecule has 2 aromatic rings. The number of para-hydroxylation sites is 1. The van der Waals surface area contributed by atoms with Crippen LogP contribution in [0.4, 0.5) is 10.1 Å². The number of rotatable bonds is 4. The van der Waals surface area contributed by atoms with Gasteiger partial charge in [0.1, 0.15) is 5.82 Å². The molecule has 1 aromatic carbocycles. The van der Waals surface area contributed by atoms with E-state index in [1.54, 1.807) is 12.1 Å². The normalized spacial score (nSPS) is 15.1. The molecule has 3 rings (SSSR count). The molecule has 0 unspecified atom stereocenters. The first-order chi connectivity index (χ1) is 12.6. The summed E-state index contributed by atoms with van der Waals surface area (Å²) in [5.74, 6) is -1.26. The molecule has 1 heterocycles. The van der Waals surface area contributed by atoms with E-state index in [1.165, 1.54) is 43.4 Å². The summed E-state index contributed by atoms with van der Waals surface area (Å²) in [6, 6.07) is 7.57. The van der Waals surface area contributed by atoms with Crippen molar-refractivity contribution in [2.45, 2.75) is 44.6 Å². The predicted octanol–water partition coefficient (Wildman–Crippen LogP) is 3.93. The number of benzene rings is 1. The zero-order valence-electron chi connectivity index (χ0n) is 14.5. The van der Waals surface area contributed by atoms with Gasteiger partial charge in [0.15, 0.2) is 0 Å². The molecule has 2 N–H and O–H groups in total. The van der Waals surface area contributed by atoms with E-state index < -0.39 is 11.7 Å². The van der Waals surface area contributed by atoms with Crippen molar-refractivity contribution in [3.63, 3.8) is 0 Å². The Hall–Kier alpha value is -2.76. The maximum absolute atomic E-state index is 13.7. The molecule has 26 heavy (non-hydrogen) atoms. The summed E-state index contributed by atoms with van der Waals surface area (Å²) in [5, 5.41) is 5.53. The molecular formula is C20H22FN3O2. The summed E-state index contributed by atoms with van der Waals surface area (Å²) < 4.78 is 13.7. The first-order valence-electron chi connectivity index (χ1n) is 8.95. The Kier molecular flexibility index (Phi) is 5.94. The Morgan fingerprint density at radius 3 is 2.31 bits per heavy atom. The third-order valence-corrected chi connectivity index (χ3v) is 4.58. The lowest BCUT2D eigenvalue weighted by Gasteiger charge is -2.16. The van der Waals surface area contributed by atoms with Crippen molar-refractivity contribution in [1.82, 2.24) is 10.3 Å². The van der Waals surface area contributed by atoms with Crippen molar-refractivity contribution in [2.24, 2.45) is 0 Å². The molecule has 0 aliphatic heterocycles. The topological polar surface area (TPSA) is 71.1 Å². The van der Waals surface area contributed by atoms with Gasteiger partial charge in [-0.3, -0.25) is 14.6 Å². The van der Waals surface area contributed by atoms with Gasteiger partial charge in [-0.2, -0.15) is 0 Å². The number of anilines is 1. The predicted molar refractivity (Wildman–Crippen MR) is 97.5 cm³/mol. The van der Waals surface area contributed by atoms with Crippen molar-refractivity contribution in [3.05, 3.63) is 59.7 Å². The van der Waals surface area contributed by atoms with Crippen molar-refractivity contribution >= 4 is 17.5 Å². The monoisotopic (exact) mass is 355 g/mol. The van der Waals surface area contributed by atoms with Gasteiger partial charge in [0.05, 0.1) is 16.8 Å². The number of carbonyl (C=O) groups is 2. The lowest BCUT2D eigenvalue weighted by atomic mass is 10.1. The molecule has 136 valence electrons. The van der Waals surface area contributed by atoms with Crippen LogP contribution in [0.3, 0.4) is 0 Å². The first kappa shape index (κ1) is 18.0. The molecule has 1 aliphatic rings. The molecule has 6 heteroatoms. The van der Waals surface area contributed by atoms with Crippen LogP contribution in [0.25, 0.3) is 0 Å². The Balaban J connectivity index is 1.68. The summed E-state index contributed by atoms with van der Waals surface area (Å²) in [5.41, 5.74) is 0.628. The van der Waals surface area contributed by atoms with Crippen molar-refractivity contribution < 1.29 is 14.0 Å². The number of halogens is 1. The Bertz CT molecular complexity index is 786. The molecule has 0 spiro atoms. The average molecular weight is 355 g/mol. The Morgan fingerprint density at radius 2 is 1.62 bits per heavy atom. The highest BCUT2D eigenvalue weighted by Gasteiger charge is 2.17. The third-order valence-electron chi connectivity index (χ3n) is 4.58. The van der Waals surface area contributed by atoms with E-state index in [-0.39, 0.29) is 23.2 Å². The van der Waals surface area contributed by atoms with Crippen LogP contribution in [0.5, 0.6) is 0 Å². The summed E-state index contributed by atoms with van der Waals surface area (Å²) in [7, 11) is 0. The second-order valence-electron chi connectivity index (χ2n) is 6.56. The van der Waals surface area contributed by atoms with Crippen LogP contribution in [0.2, 0.25) is 0 Å². The second-order valence-corrected chi connectivity index (χ2v) is 6.56. The molecule has 0 atom stereocenters. The molecule has 0 radical (unpaired) electrons. The number of hydrogen-bond acceptors (Lipinski definition) is 3. The van der Waals surface area contributed by atoms with Crippen LogP contribution in [-0.2, 0) is 0 Å². The van der Waals surface area contributed by atoms with E-state index >= 15 is 0 Å². The van der Waals surface area contributed by atoms with E-state index in [1.807, 2.05) is 0 Å². The van der Waals surface area contributed by atoms with E-state index in [2.05, 4.69) is 15.6 Å². The Morgan fingerprint density at radius 1 is 0.962 bits per heavy atom. The van der Waals surface area contributed by atoms with Crippen LogP contribution >= 0.6 is 0 Å². The van der Waals surface area contributed by atoms with Crippen LogP contribution in [0.15, 0.2) is 42.7 Å². The number of carbonyl (C=O) groups excluding carboxylic acids is 2. The fourth-order valence-electron chi connectivity index (χ4n) is 3.14. The fraction of sp³-hybridized carbons (Fsp3) is 0.350. The highest BCUT2D eigenvalue weighted by molar-refractivity contribution is 6.05. The number of nitrogens with zero attached hydrogens (tertiary/aromatic N) is 1. The van der Waals surface area contributed by atoms with Crippen LogP contribution in [0, 0.1) is 5.82 Å². The van der Waals surface area contributed by atoms with Gasteiger partial charge in [0.2, 0.25) is 0 Å². The van der Waals surface area contributed by atoms with E-state index in [9.17, 15) is 14.0 Å². The molecule has 1 aromatic heterocycles. The lowest BCUT2D eigenvalue weighted by molar-refractivity contribution is 0.0933. The molecule has 0 saturated heterocycles. The van der Waals surface area contributed by atoms with Gasteiger partial charge < -0.3 is 10.6 Å². The minimum Gasteiger partial charge on any atom is -0.349 e. The van der Waals surface area contributed by atoms with Gasteiger partial charge in [0, 0.05) is 18.4 Å². The van der Waals surface area contributed by atoms with Crippen molar-refractivity contribution in [3.8, 4) is 0 Å². The van der Waals surface area contributed by atoms with E-state index in [0.717, 1.165) is 25.7 Å². The number of aromatic nitrogens is 1. The number of pyridine rings is 1. The first-order valence-corrected chi connectivity index (χ1v) is 8.95. The summed E-state index contributed by atoms with van der Waals surface area (Å²) in [6.07, 6.45) is 9.41. The van der Waals surface area contributed by atoms with Crippen LogP contribution in [-0.4, -0.2) is 22.8 Å². The van der Waals surface area contributed by atoms with Gasteiger partial charge in [-0.05, 0) is 31.0 Å². The smallest absolute Gasteiger partial charge is 0.257 e. The zero-order chi connectivity index (χ0) is 18.4. The molecule has 1 fully saturated rings. The quantitative estimate of drug-likeness (QED) is 0.817. The SMILES string of the molecule is O=C(Nc1ccccc1F)c1cncc(C(=O)NC2CCCCCC2)c1. The highest BCUT2D eigenvalue weighted by Crippen LogP contribution is 2.18. The van der Waals surface area contributed by atoms with E-state index in [0.29, 0.717) is 5.56 Å². The average Bonchev–Trinajstić information content (AvgIpc) is 2.92. The minimum absolute atomic E-state index is 0.0887. The van der Waals surface area contributed by atoms with Gasteiger partial charge in [0.25, 0.3) is 11.8 Å². The highest BCUT2D eigenvalue weighted by atomic mass is 19.1. The number of nitrogens with one attached hydrogen (secondary N) is 2. The molecule has 0 bridgehead atoms. The lowest BCUT2D eigenvalue weighted by Crippen LogP contribution is -2.34. The second kappa shape index (κ2) is 8.56. The zero-order valence-corrected chi connectivity index (χ0v) is 14.5. The van der Waals surface area contributed by atoms with Crippen molar-refractivity contribution in [2.75, 3.05) is 5.32 Å². The van der Waals surface area contributed by atoms with Crippen LogP contribution in [0.1, 0.15) is 59.2 Å². The third kappa shape index (κ3) is 4.65. The van der Waals surface area contributed by atoms with E-state index in [4.69, 9.17) is 0 Å².